The monoisotopic (exact) mass is 351 g/mol. The van der Waals surface area contributed by atoms with Gasteiger partial charge in [-0.2, -0.15) is 5.10 Å². The number of hydrogen-bond donors (Lipinski definition) is 1. The van der Waals surface area contributed by atoms with Gasteiger partial charge in [0.05, 0.1) is 11.3 Å². The number of benzene rings is 1. The van der Waals surface area contributed by atoms with E-state index in [2.05, 4.69) is 47.7 Å². The van der Waals surface area contributed by atoms with Gasteiger partial charge in [0.1, 0.15) is 0 Å². The molecule has 0 spiro atoms. The quantitative estimate of drug-likeness (QED) is 0.873. The second-order valence-electron chi connectivity index (χ2n) is 7.94. The molecule has 1 aromatic carbocycles. The normalized spacial score (nSPS) is 27.5. The Bertz CT molecular complexity index is 767. The average Bonchev–Trinajstić information content (AvgIpc) is 3.01. The standard InChI is InChI=1S/C22H29N3O/c1-3-13-25-14-19(15(2)24-25)22(26)23-21-18-12-8-7-11-17(18)20(21)16-9-5-4-6-10-16/h4-6,9-10,14,17-18,20-21H,3,7-8,11-13H2,1-2H3,(H,23,26)/t17-,18-,20-,21-/m0/s1. The molecule has 2 aromatic rings. The average molecular weight is 351 g/mol. The highest BCUT2D eigenvalue weighted by atomic mass is 16.1. The van der Waals surface area contributed by atoms with Crippen LogP contribution in [0.5, 0.6) is 0 Å². The first kappa shape index (κ1) is 17.3. The molecule has 0 aliphatic heterocycles. The maximum Gasteiger partial charge on any atom is 0.254 e. The van der Waals surface area contributed by atoms with Gasteiger partial charge >= 0.3 is 0 Å². The Morgan fingerprint density at radius 1 is 1.19 bits per heavy atom. The van der Waals surface area contributed by atoms with E-state index in [1.807, 2.05) is 17.8 Å². The van der Waals surface area contributed by atoms with Crippen molar-refractivity contribution in [1.29, 1.82) is 0 Å². The number of amides is 1. The molecule has 1 N–H and O–H groups in total. The third kappa shape index (κ3) is 3.06. The van der Waals surface area contributed by atoms with Gasteiger partial charge in [-0.15, -0.1) is 0 Å². The van der Waals surface area contributed by atoms with Crippen molar-refractivity contribution in [2.24, 2.45) is 11.8 Å². The molecule has 4 rings (SSSR count). The predicted octanol–water partition coefficient (Wildman–Crippen LogP) is 4.30. The first-order valence-electron chi connectivity index (χ1n) is 10.1. The summed E-state index contributed by atoms with van der Waals surface area (Å²) < 4.78 is 1.89. The van der Waals surface area contributed by atoms with Gasteiger partial charge in [0.15, 0.2) is 0 Å². The van der Waals surface area contributed by atoms with Crippen molar-refractivity contribution in [2.45, 2.75) is 64.5 Å². The first-order chi connectivity index (χ1) is 12.7. The van der Waals surface area contributed by atoms with E-state index in [4.69, 9.17) is 0 Å². The van der Waals surface area contributed by atoms with Crippen LogP contribution in [0.4, 0.5) is 0 Å². The van der Waals surface area contributed by atoms with Gasteiger partial charge < -0.3 is 5.32 Å². The zero-order valence-corrected chi connectivity index (χ0v) is 15.8. The van der Waals surface area contributed by atoms with Crippen LogP contribution in [0.3, 0.4) is 0 Å². The van der Waals surface area contributed by atoms with E-state index >= 15 is 0 Å². The summed E-state index contributed by atoms with van der Waals surface area (Å²) in [4.78, 5) is 13.0. The lowest BCUT2D eigenvalue weighted by Gasteiger charge is -2.55. The van der Waals surface area contributed by atoms with Crippen LogP contribution < -0.4 is 5.32 Å². The smallest absolute Gasteiger partial charge is 0.254 e. The lowest BCUT2D eigenvalue weighted by atomic mass is 9.53. The van der Waals surface area contributed by atoms with Crippen LogP contribution >= 0.6 is 0 Å². The second kappa shape index (κ2) is 7.26. The van der Waals surface area contributed by atoms with Crippen LogP contribution in [0.1, 0.15) is 66.6 Å². The van der Waals surface area contributed by atoms with Crippen LogP contribution in [0.25, 0.3) is 0 Å². The van der Waals surface area contributed by atoms with Gasteiger partial charge in [0.25, 0.3) is 5.91 Å². The van der Waals surface area contributed by atoms with Gasteiger partial charge in [0, 0.05) is 24.7 Å². The second-order valence-corrected chi connectivity index (χ2v) is 7.94. The minimum absolute atomic E-state index is 0.0415. The first-order valence-corrected chi connectivity index (χ1v) is 10.1. The zero-order valence-electron chi connectivity index (χ0n) is 15.8. The molecule has 2 aliphatic rings. The Labute approximate surface area is 156 Å². The summed E-state index contributed by atoms with van der Waals surface area (Å²) in [6.07, 6.45) is 8.08. The number of rotatable bonds is 5. The van der Waals surface area contributed by atoms with E-state index in [-0.39, 0.29) is 11.9 Å². The maximum absolute atomic E-state index is 13.0. The van der Waals surface area contributed by atoms with Crippen molar-refractivity contribution >= 4 is 5.91 Å². The third-order valence-electron chi connectivity index (χ3n) is 6.31. The van der Waals surface area contributed by atoms with Crippen molar-refractivity contribution in [3.8, 4) is 0 Å². The van der Waals surface area contributed by atoms with E-state index in [1.54, 1.807) is 0 Å². The molecule has 0 unspecified atom stereocenters. The number of hydrogen-bond acceptors (Lipinski definition) is 2. The summed E-state index contributed by atoms with van der Waals surface area (Å²) in [7, 11) is 0. The molecule has 0 bridgehead atoms. The lowest BCUT2D eigenvalue weighted by molar-refractivity contribution is 0.0252. The molecular weight excluding hydrogens is 322 g/mol. The number of carbonyl (C=O) groups is 1. The van der Waals surface area contributed by atoms with E-state index < -0.39 is 0 Å². The molecule has 1 amide bonds. The summed E-state index contributed by atoms with van der Waals surface area (Å²) in [5, 5.41) is 7.87. The van der Waals surface area contributed by atoms with Crippen molar-refractivity contribution in [2.75, 3.05) is 0 Å². The molecule has 2 fully saturated rings. The van der Waals surface area contributed by atoms with E-state index in [9.17, 15) is 4.79 Å². The van der Waals surface area contributed by atoms with Crippen LogP contribution in [0, 0.1) is 18.8 Å². The largest absolute Gasteiger partial charge is 0.348 e. The molecule has 2 aliphatic carbocycles. The van der Waals surface area contributed by atoms with Crippen LogP contribution in [-0.4, -0.2) is 21.7 Å². The fraction of sp³-hybridized carbons (Fsp3) is 0.545. The molecule has 1 heterocycles. The minimum atomic E-state index is 0.0415. The minimum Gasteiger partial charge on any atom is -0.348 e. The number of nitrogens with one attached hydrogen (secondary N) is 1. The highest BCUT2D eigenvalue weighted by Crippen LogP contribution is 2.54. The van der Waals surface area contributed by atoms with Gasteiger partial charge in [-0.3, -0.25) is 9.48 Å². The Balaban J connectivity index is 1.54. The number of fused-ring (bicyclic) bond motifs is 1. The Hall–Kier alpha value is -2.10. The molecule has 2 saturated carbocycles. The Kier molecular flexibility index (Phi) is 4.84. The number of nitrogens with zero attached hydrogens (tertiary/aromatic N) is 2. The van der Waals surface area contributed by atoms with Gasteiger partial charge in [-0.05, 0) is 43.6 Å². The topological polar surface area (TPSA) is 46.9 Å². The molecule has 4 heteroatoms. The summed E-state index contributed by atoms with van der Waals surface area (Å²) in [5.74, 6) is 1.85. The van der Waals surface area contributed by atoms with E-state index in [1.165, 1.54) is 31.2 Å². The molecule has 138 valence electrons. The molecule has 26 heavy (non-hydrogen) atoms. The van der Waals surface area contributed by atoms with E-state index in [0.29, 0.717) is 11.8 Å². The van der Waals surface area contributed by atoms with Crippen molar-refractivity contribution in [1.82, 2.24) is 15.1 Å². The van der Waals surface area contributed by atoms with Crippen molar-refractivity contribution in [3.05, 3.63) is 53.3 Å². The highest BCUT2D eigenvalue weighted by molar-refractivity contribution is 5.95. The number of carbonyl (C=O) groups excluding carboxylic acids is 1. The van der Waals surface area contributed by atoms with Crippen molar-refractivity contribution < 1.29 is 4.79 Å². The van der Waals surface area contributed by atoms with Crippen LogP contribution in [0.2, 0.25) is 0 Å². The summed E-state index contributed by atoms with van der Waals surface area (Å²) in [6.45, 7) is 4.91. The summed E-state index contributed by atoms with van der Waals surface area (Å²) >= 11 is 0. The van der Waals surface area contributed by atoms with Gasteiger partial charge in [-0.1, -0.05) is 50.1 Å². The summed E-state index contributed by atoms with van der Waals surface area (Å²) in [5.41, 5.74) is 2.93. The van der Waals surface area contributed by atoms with Crippen LogP contribution in [0.15, 0.2) is 36.5 Å². The fourth-order valence-corrected chi connectivity index (χ4v) is 5.11. The molecular formula is C22H29N3O. The lowest BCUT2D eigenvalue weighted by Crippen LogP contribution is -2.59. The highest BCUT2D eigenvalue weighted by Gasteiger charge is 2.51. The summed E-state index contributed by atoms with van der Waals surface area (Å²) in [6, 6.07) is 11.0. The number of aryl methyl sites for hydroxylation is 2. The molecule has 1 aromatic heterocycles. The maximum atomic E-state index is 13.0. The van der Waals surface area contributed by atoms with Crippen LogP contribution in [-0.2, 0) is 6.54 Å². The molecule has 4 nitrogen and oxygen atoms in total. The molecule has 4 atom stereocenters. The Morgan fingerprint density at radius 2 is 1.92 bits per heavy atom. The van der Waals surface area contributed by atoms with Gasteiger partial charge in [0.2, 0.25) is 0 Å². The van der Waals surface area contributed by atoms with Crippen molar-refractivity contribution in [3.63, 3.8) is 0 Å². The SMILES string of the molecule is CCCn1cc(C(=O)N[C@H]2[C@H]3CCCC[C@@H]3[C@@H]2c2ccccc2)c(C)n1. The third-order valence-corrected chi connectivity index (χ3v) is 6.31. The van der Waals surface area contributed by atoms with Gasteiger partial charge in [-0.25, -0.2) is 0 Å². The molecule has 0 radical (unpaired) electrons. The predicted molar refractivity (Wildman–Crippen MR) is 103 cm³/mol. The van der Waals surface area contributed by atoms with E-state index in [0.717, 1.165) is 30.1 Å². The zero-order chi connectivity index (χ0) is 18.1. The fourth-order valence-electron chi connectivity index (χ4n) is 5.11. The Morgan fingerprint density at radius 3 is 2.65 bits per heavy atom. The molecule has 0 saturated heterocycles. The number of aromatic nitrogens is 2.